The summed E-state index contributed by atoms with van der Waals surface area (Å²) in [6.45, 7) is 0. The van der Waals surface area contributed by atoms with Crippen molar-refractivity contribution in [3.05, 3.63) is 92.9 Å². The number of nitro benzene ring substituents is 1. The van der Waals surface area contributed by atoms with E-state index in [-0.39, 0.29) is 5.69 Å². The van der Waals surface area contributed by atoms with E-state index in [1.54, 1.807) is 30.5 Å². The molecule has 9 heteroatoms. The molecule has 0 saturated carbocycles. The van der Waals surface area contributed by atoms with Gasteiger partial charge in [-0.2, -0.15) is 5.10 Å². The van der Waals surface area contributed by atoms with Crippen LogP contribution in [0.4, 0.5) is 11.4 Å². The fourth-order valence-electron chi connectivity index (χ4n) is 2.25. The van der Waals surface area contributed by atoms with Crippen molar-refractivity contribution in [1.82, 2.24) is 5.43 Å². The Balaban J connectivity index is 1.51. The number of rotatable bonds is 6. The molecule has 3 aromatic rings. The van der Waals surface area contributed by atoms with Crippen LogP contribution >= 0.6 is 28.1 Å². The minimum atomic E-state index is -0.452. The monoisotopic (exact) mass is 470 g/mol. The SMILES string of the molecule is O=[N+]([O-])c1ccc(Oc2ccc(/C=N/NC(=S)Nc3ccc(Br)cc3)cc2)cc1. The lowest BCUT2D eigenvalue weighted by Gasteiger charge is -2.07. The van der Waals surface area contributed by atoms with Crippen LogP contribution in [0.5, 0.6) is 11.5 Å². The molecule has 3 rings (SSSR count). The minimum absolute atomic E-state index is 0.0175. The molecule has 0 atom stereocenters. The van der Waals surface area contributed by atoms with Gasteiger partial charge in [-0.1, -0.05) is 15.9 Å². The number of non-ortho nitro benzene ring substituents is 1. The van der Waals surface area contributed by atoms with Crippen LogP contribution in [-0.4, -0.2) is 16.3 Å². The van der Waals surface area contributed by atoms with Gasteiger partial charge >= 0.3 is 0 Å². The Kier molecular flexibility index (Phi) is 6.88. The first-order valence-electron chi connectivity index (χ1n) is 8.37. The molecule has 0 amide bonds. The summed E-state index contributed by atoms with van der Waals surface area (Å²) in [6, 6.07) is 20.7. The van der Waals surface area contributed by atoms with Gasteiger partial charge in [-0.15, -0.1) is 0 Å². The van der Waals surface area contributed by atoms with Crippen LogP contribution in [0.1, 0.15) is 5.56 Å². The molecule has 0 aliphatic heterocycles. The van der Waals surface area contributed by atoms with E-state index in [2.05, 4.69) is 31.8 Å². The molecule has 0 heterocycles. The van der Waals surface area contributed by atoms with Crippen molar-refractivity contribution in [2.45, 2.75) is 0 Å². The molecule has 0 radical (unpaired) electrons. The minimum Gasteiger partial charge on any atom is -0.457 e. The highest BCUT2D eigenvalue weighted by Crippen LogP contribution is 2.23. The maximum atomic E-state index is 10.7. The summed E-state index contributed by atoms with van der Waals surface area (Å²) in [5.74, 6) is 1.12. The van der Waals surface area contributed by atoms with Crippen molar-refractivity contribution in [3.63, 3.8) is 0 Å². The van der Waals surface area contributed by atoms with E-state index in [9.17, 15) is 10.1 Å². The Hall–Kier alpha value is -3.30. The molecule has 0 aromatic heterocycles. The highest BCUT2D eigenvalue weighted by atomic mass is 79.9. The first-order valence-corrected chi connectivity index (χ1v) is 9.58. The van der Waals surface area contributed by atoms with Crippen molar-refractivity contribution in [2.75, 3.05) is 5.32 Å². The molecule has 0 unspecified atom stereocenters. The number of benzene rings is 3. The maximum Gasteiger partial charge on any atom is 0.269 e. The maximum absolute atomic E-state index is 10.7. The zero-order chi connectivity index (χ0) is 20.6. The van der Waals surface area contributed by atoms with Gasteiger partial charge in [0.2, 0.25) is 0 Å². The highest BCUT2D eigenvalue weighted by molar-refractivity contribution is 9.10. The summed E-state index contributed by atoms with van der Waals surface area (Å²) in [4.78, 5) is 10.2. The molecule has 146 valence electrons. The highest BCUT2D eigenvalue weighted by Gasteiger charge is 2.05. The molecular weight excluding hydrogens is 456 g/mol. The number of nitrogens with one attached hydrogen (secondary N) is 2. The van der Waals surface area contributed by atoms with Gasteiger partial charge in [0.25, 0.3) is 5.69 Å². The molecule has 0 aliphatic carbocycles. The number of nitrogens with zero attached hydrogens (tertiary/aromatic N) is 2. The van der Waals surface area contributed by atoms with Crippen molar-refractivity contribution in [3.8, 4) is 11.5 Å². The molecule has 3 aromatic carbocycles. The van der Waals surface area contributed by atoms with E-state index in [4.69, 9.17) is 17.0 Å². The van der Waals surface area contributed by atoms with E-state index < -0.39 is 4.92 Å². The standard InChI is InChI=1S/C20H15BrN4O3S/c21-15-3-5-16(6-4-15)23-20(29)24-22-13-14-1-9-18(10-2-14)28-19-11-7-17(8-12-19)25(26)27/h1-13H,(H2,23,24,29)/b22-13+. The summed E-state index contributed by atoms with van der Waals surface area (Å²) in [7, 11) is 0. The molecule has 29 heavy (non-hydrogen) atoms. The predicted molar refractivity (Wildman–Crippen MR) is 121 cm³/mol. The Labute approximate surface area is 180 Å². The molecule has 0 spiro atoms. The molecular formula is C20H15BrN4O3S. The van der Waals surface area contributed by atoms with Crippen LogP contribution in [0.15, 0.2) is 82.4 Å². The average molecular weight is 471 g/mol. The Morgan fingerprint density at radius 1 is 1.00 bits per heavy atom. The van der Waals surface area contributed by atoms with Crippen LogP contribution in [0, 0.1) is 10.1 Å². The molecule has 7 nitrogen and oxygen atoms in total. The number of hydrogen-bond donors (Lipinski definition) is 2. The van der Waals surface area contributed by atoms with Crippen LogP contribution < -0.4 is 15.5 Å². The number of halogens is 1. The van der Waals surface area contributed by atoms with Gasteiger partial charge in [-0.3, -0.25) is 15.5 Å². The van der Waals surface area contributed by atoms with E-state index in [1.165, 1.54) is 12.1 Å². The summed E-state index contributed by atoms with van der Waals surface area (Å²) in [5, 5.41) is 18.2. The first-order chi connectivity index (χ1) is 14.0. The second-order valence-corrected chi connectivity index (χ2v) is 7.08. The molecule has 0 fully saturated rings. The summed E-state index contributed by atoms with van der Waals surface area (Å²) >= 11 is 8.57. The lowest BCUT2D eigenvalue weighted by Crippen LogP contribution is -2.23. The van der Waals surface area contributed by atoms with E-state index in [0.29, 0.717) is 16.6 Å². The largest absolute Gasteiger partial charge is 0.457 e. The number of hydrazone groups is 1. The Bertz CT molecular complexity index is 1020. The Morgan fingerprint density at radius 2 is 1.59 bits per heavy atom. The van der Waals surface area contributed by atoms with Crippen molar-refractivity contribution < 1.29 is 9.66 Å². The Morgan fingerprint density at radius 3 is 2.17 bits per heavy atom. The van der Waals surface area contributed by atoms with Gasteiger partial charge in [-0.05, 0) is 78.4 Å². The smallest absolute Gasteiger partial charge is 0.269 e. The van der Waals surface area contributed by atoms with Crippen LogP contribution in [0.3, 0.4) is 0 Å². The average Bonchev–Trinajstić information content (AvgIpc) is 2.71. The second kappa shape index (κ2) is 9.76. The van der Waals surface area contributed by atoms with E-state index >= 15 is 0 Å². The third kappa shape index (κ3) is 6.37. The molecule has 2 N–H and O–H groups in total. The van der Waals surface area contributed by atoms with Gasteiger partial charge in [0.1, 0.15) is 11.5 Å². The molecule has 0 saturated heterocycles. The lowest BCUT2D eigenvalue weighted by atomic mass is 10.2. The number of hydrogen-bond acceptors (Lipinski definition) is 5. The van der Waals surface area contributed by atoms with Crippen LogP contribution in [0.2, 0.25) is 0 Å². The number of nitro groups is 1. The number of ether oxygens (including phenoxy) is 1. The van der Waals surface area contributed by atoms with Gasteiger partial charge in [0.05, 0.1) is 11.1 Å². The fourth-order valence-corrected chi connectivity index (χ4v) is 2.69. The normalized spacial score (nSPS) is 10.5. The summed E-state index contributed by atoms with van der Waals surface area (Å²) in [6.07, 6.45) is 1.63. The second-order valence-electron chi connectivity index (χ2n) is 5.75. The third-order valence-electron chi connectivity index (χ3n) is 3.65. The van der Waals surface area contributed by atoms with Crippen molar-refractivity contribution in [1.29, 1.82) is 0 Å². The first kappa shape index (κ1) is 20.4. The summed E-state index contributed by atoms with van der Waals surface area (Å²) < 4.78 is 6.66. The van der Waals surface area contributed by atoms with Crippen molar-refractivity contribution >= 4 is 50.8 Å². The van der Waals surface area contributed by atoms with Gasteiger partial charge in [0.15, 0.2) is 5.11 Å². The topological polar surface area (TPSA) is 88.8 Å². The lowest BCUT2D eigenvalue weighted by molar-refractivity contribution is -0.384. The van der Waals surface area contributed by atoms with Crippen LogP contribution in [-0.2, 0) is 0 Å². The third-order valence-corrected chi connectivity index (χ3v) is 4.37. The molecule has 0 aliphatic rings. The van der Waals surface area contributed by atoms with Crippen molar-refractivity contribution in [2.24, 2.45) is 5.10 Å². The van der Waals surface area contributed by atoms with Gasteiger partial charge in [-0.25, -0.2) is 0 Å². The number of thiocarbonyl (C=S) groups is 1. The predicted octanol–water partition coefficient (Wildman–Crippen LogP) is 5.47. The fraction of sp³-hybridized carbons (Fsp3) is 0. The van der Waals surface area contributed by atoms with E-state index in [1.807, 2.05) is 36.4 Å². The van der Waals surface area contributed by atoms with Crippen LogP contribution in [0.25, 0.3) is 0 Å². The quantitative estimate of drug-likeness (QED) is 0.215. The number of anilines is 1. The summed E-state index contributed by atoms with van der Waals surface area (Å²) in [5.41, 5.74) is 4.47. The zero-order valence-electron chi connectivity index (χ0n) is 14.9. The van der Waals surface area contributed by atoms with Gasteiger partial charge in [0, 0.05) is 22.3 Å². The zero-order valence-corrected chi connectivity index (χ0v) is 17.3. The van der Waals surface area contributed by atoms with E-state index in [0.717, 1.165) is 15.7 Å². The molecule has 0 bridgehead atoms. The van der Waals surface area contributed by atoms with Gasteiger partial charge < -0.3 is 10.1 Å².